The third-order valence-electron chi connectivity index (χ3n) is 3.77. The van der Waals surface area contributed by atoms with Gasteiger partial charge in [0, 0.05) is 24.7 Å². The number of benzene rings is 2. The maximum Gasteiger partial charge on any atom is 0.119 e. The van der Waals surface area contributed by atoms with Gasteiger partial charge in [-0.2, -0.15) is 0 Å². The molecule has 0 aliphatic carbocycles. The van der Waals surface area contributed by atoms with Gasteiger partial charge in [-0.3, -0.25) is 4.90 Å². The van der Waals surface area contributed by atoms with Gasteiger partial charge in [0.1, 0.15) is 19.0 Å². The second kappa shape index (κ2) is 9.77. The molecular weight excluding hydrogens is 298 g/mol. The van der Waals surface area contributed by atoms with E-state index in [-0.39, 0.29) is 6.61 Å². The van der Waals surface area contributed by atoms with E-state index in [1.165, 1.54) is 5.56 Å². The van der Waals surface area contributed by atoms with Gasteiger partial charge in [0.05, 0.1) is 0 Å². The van der Waals surface area contributed by atoms with Crippen molar-refractivity contribution in [1.29, 1.82) is 0 Å². The van der Waals surface area contributed by atoms with E-state index in [0.717, 1.165) is 24.4 Å². The van der Waals surface area contributed by atoms with Crippen LogP contribution in [0.1, 0.15) is 25.0 Å². The lowest BCUT2D eigenvalue weighted by molar-refractivity contribution is 0.169. The molecule has 0 aliphatic rings. The van der Waals surface area contributed by atoms with Crippen molar-refractivity contribution in [2.75, 3.05) is 19.8 Å². The zero-order valence-corrected chi connectivity index (χ0v) is 14.4. The summed E-state index contributed by atoms with van der Waals surface area (Å²) in [7, 11) is 0. The lowest BCUT2D eigenvalue weighted by atomic mass is 10.2. The molecule has 0 fully saturated rings. The molecule has 2 aromatic carbocycles. The van der Waals surface area contributed by atoms with Gasteiger partial charge >= 0.3 is 0 Å². The van der Waals surface area contributed by atoms with E-state index >= 15 is 0 Å². The Morgan fingerprint density at radius 1 is 1.04 bits per heavy atom. The van der Waals surface area contributed by atoms with Gasteiger partial charge in [-0.1, -0.05) is 42.2 Å². The van der Waals surface area contributed by atoms with E-state index in [2.05, 4.69) is 54.9 Å². The lowest BCUT2D eigenvalue weighted by Gasteiger charge is -2.26. The summed E-state index contributed by atoms with van der Waals surface area (Å²) < 4.78 is 5.84. The molecule has 0 saturated carbocycles. The predicted molar refractivity (Wildman–Crippen MR) is 97.9 cm³/mol. The van der Waals surface area contributed by atoms with E-state index in [4.69, 9.17) is 9.84 Å². The van der Waals surface area contributed by atoms with Crippen LogP contribution in [0, 0.1) is 11.8 Å². The molecule has 3 nitrogen and oxygen atoms in total. The minimum atomic E-state index is -0.120. The third-order valence-corrected chi connectivity index (χ3v) is 3.77. The summed E-state index contributed by atoms with van der Waals surface area (Å²) in [5.74, 6) is 6.35. The van der Waals surface area contributed by atoms with Gasteiger partial charge in [0.25, 0.3) is 0 Å². The van der Waals surface area contributed by atoms with Crippen LogP contribution in [0.25, 0.3) is 0 Å². The summed E-state index contributed by atoms with van der Waals surface area (Å²) in [4.78, 5) is 2.40. The molecule has 0 heterocycles. The molecule has 2 rings (SSSR count). The number of rotatable bonds is 7. The highest BCUT2D eigenvalue weighted by atomic mass is 16.5. The van der Waals surface area contributed by atoms with Crippen molar-refractivity contribution in [3.8, 4) is 17.6 Å². The monoisotopic (exact) mass is 323 g/mol. The molecule has 0 atom stereocenters. The van der Waals surface area contributed by atoms with Crippen LogP contribution in [-0.4, -0.2) is 35.8 Å². The van der Waals surface area contributed by atoms with Gasteiger partial charge < -0.3 is 9.84 Å². The van der Waals surface area contributed by atoms with Crippen LogP contribution in [0.5, 0.6) is 5.75 Å². The SMILES string of the molecule is CC(C)N(CCOc1ccc(C#CCO)cc1)Cc1ccccc1. The summed E-state index contributed by atoms with van der Waals surface area (Å²) in [6.07, 6.45) is 0. The lowest BCUT2D eigenvalue weighted by Crippen LogP contribution is -2.34. The first-order valence-electron chi connectivity index (χ1n) is 8.29. The van der Waals surface area contributed by atoms with Crippen LogP contribution in [0.4, 0.5) is 0 Å². The zero-order chi connectivity index (χ0) is 17.2. The van der Waals surface area contributed by atoms with E-state index < -0.39 is 0 Å². The fraction of sp³-hybridized carbons (Fsp3) is 0.333. The van der Waals surface area contributed by atoms with Crippen molar-refractivity contribution in [2.45, 2.75) is 26.4 Å². The standard InChI is InChI=1S/C21H25NO2/c1-18(2)22(17-20-7-4-3-5-8-20)14-16-24-21-12-10-19(11-13-21)9-6-15-23/h3-5,7-8,10-13,18,23H,14-17H2,1-2H3. The highest BCUT2D eigenvalue weighted by Gasteiger charge is 2.10. The Kier molecular flexibility index (Phi) is 7.35. The topological polar surface area (TPSA) is 32.7 Å². The molecular formula is C21H25NO2. The normalized spacial score (nSPS) is 10.5. The van der Waals surface area contributed by atoms with Gasteiger partial charge in [0.2, 0.25) is 0 Å². The Balaban J connectivity index is 1.84. The van der Waals surface area contributed by atoms with Crippen molar-refractivity contribution in [1.82, 2.24) is 4.90 Å². The van der Waals surface area contributed by atoms with Crippen LogP contribution in [0.2, 0.25) is 0 Å². The minimum absolute atomic E-state index is 0.120. The maximum absolute atomic E-state index is 8.70. The minimum Gasteiger partial charge on any atom is -0.492 e. The van der Waals surface area contributed by atoms with Crippen LogP contribution in [0.3, 0.4) is 0 Å². The van der Waals surface area contributed by atoms with Crippen LogP contribution < -0.4 is 4.74 Å². The number of aliphatic hydroxyl groups excluding tert-OH is 1. The quantitative estimate of drug-likeness (QED) is 0.794. The largest absolute Gasteiger partial charge is 0.492 e. The third kappa shape index (κ3) is 6.08. The maximum atomic E-state index is 8.70. The van der Waals surface area contributed by atoms with Gasteiger partial charge in [-0.05, 0) is 43.7 Å². The molecule has 0 spiro atoms. The van der Waals surface area contributed by atoms with Gasteiger partial charge in [0.15, 0.2) is 0 Å². The molecule has 0 unspecified atom stereocenters. The molecule has 0 aromatic heterocycles. The second-order valence-corrected chi connectivity index (χ2v) is 5.88. The average Bonchev–Trinajstić information content (AvgIpc) is 2.61. The molecule has 0 aliphatic heterocycles. The van der Waals surface area contributed by atoms with Gasteiger partial charge in [-0.25, -0.2) is 0 Å². The summed E-state index contributed by atoms with van der Waals surface area (Å²) in [6, 6.07) is 18.6. The highest BCUT2D eigenvalue weighted by molar-refractivity contribution is 5.38. The first kappa shape index (κ1) is 18.1. The van der Waals surface area contributed by atoms with Crippen LogP contribution >= 0.6 is 0 Å². The smallest absolute Gasteiger partial charge is 0.119 e. The second-order valence-electron chi connectivity index (χ2n) is 5.88. The summed E-state index contributed by atoms with van der Waals surface area (Å²) in [5.41, 5.74) is 2.20. The molecule has 1 N–H and O–H groups in total. The Morgan fingerprint density at radius 3 is 2.38 bits per heavy atom. The Labute approximate surface area is 144 Å². The molecule has 2 aromatic rings. The molecule has 0 radical (unpaired) electrons. The number of hydrogen-bond acceptors (Lipinski definition) is 3. The molecule has 24 heavy (non-hydrogen) atoms. The zero-order valence-electron chi connectivity index (χ0n) is 14.4. The van der Waals surface area contributed by atoms with E-state index in [1.807, 2.05) is 30.3 Å². The van der Waals surface area contributed by atoms with Crippen LogP contribution in [-0.2, 0) is 6.54 Å². The number of nitrogens with zero attached hydrogens (tertiary/aromatic N) is 1. The Bertz CT molecular complexity index is 654. The average molecular weight is 323 g/mol. The first-order valence-corrected chi connectivity index (χ1v) is 8.29. The number of hydrogen-bond donors (Lipinski definition) is 1. The molecule has 0 amide bonds. The number of ether oxygens (including phenoxy) is 1. The van der Waals surface area contributed by atoms with Crippen LogP contribution in [0.15, 0.2) is 54.6 Å². The summed E-state index contributed by atoms with van der Waals surface area (Å²) in [5, 5.41) is 8.70. The first-order chi connectivity index (χ1) is 11.7. The molecule has 0 bridgehead atoms. The van der Waals surface area contributed by atoms with Crippen molar-refractivity contribution < 1.29 is 9.84 Å². The molecule has 0 saturated heterocycles. The van der Waals surface area contributed by atoms with E-state index in [9.17, 15) is 0 Å². The van der Waals surface area contributed by atoms with Gasteiger partial charge in [-0.15, -0.1) is 0 Å². The van der Waals surface area contributed by atoms with E-state index in [0.29, 0.717) is 12.6 Å². The summed E-state index contributed by atoms with van der Waals surface area (Å²) in [6.45, 7) is 6.74. The number of aliphatic hydroxyl groups is 1. The fourth-order valence-electron chi connectivity index (χ4n) is 2.39. The van der Waals surface area contributed by atoms with Crippen molar-refractivity contribution in [3.63, 3.8) is 0 Å². The Morgan fingerprint density at radius 2 is 1.75 bits per heavy atom. The van der Waals surface area contributed by atoms with E-state index in [1.54, 1.807) is 0 Å². The molecule has 3 heteroatoms. The Hall–Kier alpha value is -2.28. The van der Waals surface area contributed by atoms with Crippen molar-refractivity contribution in [2.24, 2.45) is 0 Å². The molecule has 126 valence electrons. The predicted octanol–water partition coefficient (Wildman–Crippen LogP) is 3.32. The summed E-state index contributed by atoms with van der Waals surface area (Å²) >= 11 is 0. The highest BCUT2D eigenvalue weighted by Crippen LogP contribution is 2.13. The van der Waals surface area contributed by atoms with Crippen molar-refractivity contribution >= 4 is 0 Å². The van der Waals surface area contributed by atoms with Crippen molar-refractivity contribution in [3.05, 3.63) is 65.7 Å². The fourth-order valence-corrected chi connectivity index (χ4v) is 2.39.